The van der Waals surface area contributed by atoms with E-state index in [1.54, 1.807) is 19.1 Å². The van der Waals surface area contributed by atoms with Crippen molar-refractivity contribution in [3.8, 4) is 11.5 Å². The molecule has 0 aromatic heterocycles. The van der Waals surface area contributed by atoms with Crippen molar-refractivity contribution in [3.05, 3.63) is 59.8 Å². The van der Waals surface area contributed by atoms with Crippen LogP contribution in [-0.2, 0) is 4.79 Å². The average molecular weight is 365 g/mol. The third-order valence-electron chi connectivity index (χ3n) is 4.84. The Balaban J connectivity index is 1.89. The van der Waals surface area contributed by atoms with Crippen LogP contribution in [0.2, 0.25) is 0 Å². The first-order valence-electron chi connectivity index (χ1n) is 8.69. The molecule has 0 spiro atoms. The highest BCUT2D eigenvalue weighted by Crippen LogP contribution is 2.36. The Bertz CT molecular complexity index is 892. The zero-order valence-corrected chi connectivity index (χ0v) is 15.4. The summed E-state index contributed by atoms with van der Waals surface area (Å²) >= 11 is 0. The van der Waals surface area contributed by atoms with Gasteiger partial charge in [-0.15, -0.1) is 0 Å². The quantitative estimate of drug-likeness (QED) is 0.770. The number of amides is 1. The predicted molar refractivity (Wildman–Crippen MR) is 107 cm³/mol. The fourth-order valence-electron chi connectivity index (χ4n) is 3.41. The maximum absolute atomic E-state index is 13.0. The Morgan fingerprint density at radius 3 is 2.70 bits per heavy atom. The van der Waals surface area contributed by atoms with Crippen LogP contribution in [0.4, 0.5) is 5.69 Å². The molecule has 0 radical (unpaired) electrons. The fourth-order valence-corrected chi connectivity index (χ4v) is 3.41. The maximum Gasteiger partial charge on any atom is 0.234 e. The highest BCUT2D eigenvalue weighted by atomic mass is 16.5. The van der Waals surface area contributed by atoms with Gasteiger partial charge in [-0.05, 0) is 36.2 Å². The average Bonchev–Trinajstić information content (AvgIpc) is 3.10. The van der Waals surface area contributed by atoms with Gasteiger partial charge in [-0.3, -0.25) is 4.79 Å². The van der Waals surface area contributed by atoms with Crippen molar-refractivity contribution >= 4 is 23.4 Å². The van der Waals surface area contributed by atoms with Crippen LogP contribution in [0.5, 0.6) is 11.5 Å². The molecule has 27 heavy (non-hydrogen) atoms. The molecule has 140 valence electrons. The lowest BCUT2D eigenvalue weighted by Crippen LogP contribution is -2.26. The van der Waals surface area contributed by atoms with E-state index in [1.807, 2.05) is 42.5 Å². The van der Waals surface area contributed by atoms with Gasteiger partial charge in [-0.25, -0.2) is 0 Å². The highest BCUT2D eigenvalue weighted by molar-refractivity contribution is 6.09. The number of carbonyl (C=O) groups is 1. The summed E-state index contributed by atoms with van der Waals surface area (Å²) in [7, 11) is 3.18. The number of allylic oxidation sites excluding steroid dienone is 1. The lowest BCUT2D eigenvalue weighted by Gasteiger charge is -2.19. The fraction of sp³-hybridized carbons (Fsp3) is 0.238. The standard InChI is InChI=1S/C21H23N3O3/c1-26-17-5-3-4-14(10-17)19-8-9-24(21(19)25)16-6-7-18(15(12-22)13-23)20(11-16)27-2/h3-7,10-13,19,22H,8-9,23H2,1-2H3/b15-13+,22-12?. The Morgan fingerprint density at radius 2 is 2.04 bits per heavy atom. The number of hydrogen-bond acceptors (Lipinski definition) is 5. The van der Waals surface area contributed by atoms with Gasteiger partial charge in [0.1, 0.15) is 11.5 Å². The first-order valence-corrected chi connectivity index (χ1v) is 8.69. The molecule has 1 heterocycles. The van der Waals surface area contributed by atoms with Crippen molar-refractivity contribution in [1.29, 1.82) is 5.41 Å². The number of methoxy groups -OCH3 is 2. The molecule has 3 rings (SSSR count). The number of nitrogens with zero attached hydrogens (tertiary/aromatic N) is 1. The van der Waals surface area contributed by atoms with Gasteiger partial charge in [0.25, 0.3) is 0 Å². The highest BCUT2D eigenvalue weighted by Gasteiger charge is 2.34. The number of nitrogens with two attached hydrogens (primary N) is 1. The van der Waals surface area contributed by atoms with Crippen LogP contribution in [0.3, 0.4) is 0 Å². The van der Waals surface area contributed by atoms with Crippen molar-refractivity contribution in [2.24, 2.45) is 5.73 Å². The zero-order valence-electron chi connectivity index (χ0n) is 15.4. The van der Waals surface area contributed by atoms with Gasteiger partial charge < -0.3 is 25.5 Å². The zero-order chi connectivity index (χ0) is 19.4. The largest absolute Gasteiger partial charge is 0.497 e. The van der Waals surface area contributed by atoms with Crippen LogP contribution >= 0.6 is 0 Å². The van der Waals surface area contributed by atoms with Crippen molar-refractivity contribution in [3.63, 3.8) is 0 Å². The van der Waals surface area contributed by atoms with Gasteiger partial charge in [0.2, 0.25) is 5.91 Å². The number of anilines is 1. The molecule has 2 aromatic rings. The monoisotopic (exact) mass is 365 g/mol. The predicted octanol–water partition coefficient (Wildman–Crippen LogP) is 3.17. The van der Waals surface area contributed by atoms with Gasteiger partial charge in [0.15, 0.2) is 0 Å². The molecule has 1 aliphatic rings. The summed E-state index contributed by atoms with van der Waals surface area (Å²) in [5.74, 6) is 1.19. The maximum atomic E-state index is 13.0. The smallest absolute Gasteiger partial charge is 0.234 e. The van der Waals surface area contributed by atoms with Crippen LogP contribution in [0, 0.1) is 5.41 Å². The van der Waals surface area contributed by atoms with E-state index in [1.165, 1.54) is 12.4 Å². The molecular weight excluding hydrogens is 342 g/mol. The Hall–Kier alpha value is -3.28. The lowest BCUT2D eigenvalue weighted by atomic mass is 9.97. The van der Waals surface area contributed by atoms with Crippen LogP contribution in [0.1, 0.15) is 23.5 Å². The molecule has 6 heteroatoms. The minimum Gasteiger partial charge on any atom is -0.497 e. The summed E-state index contributed by atoms with van der Waals surface area (Å²) in [4.78, 5) is 14.8. The number of hydrogen-bond donors (Lipinski definition) is 2. The van der Waals surface area contributed by atoms with Gasteiger partial charge in [0, 0.05) is 41.8 Å². The summed E-state index contributed by atoms with van der Waals surface area (Å²) in [6.07, 6.45) is 3.28. The van der Waals surface area contributed by atoms with Crippen molar-refractivity contribution in [2.45, 2.75) is 12.3 Å². The molecule has 1 fully saturated rings. The molecule has 0 bridgehead atoms. The molecular formula is C21H23N3O3. The number of benzene rings is 2. The number of carbonyl (C=O) groups excluding carboxylic acids is 1. The molecule has 2 aromatic carbocycles. The molecule has 6 nitrogen and oxygen atoms in total. The molecule has 1 saturated heterocycles. The second kappa shape index (κ2) is 7.95. The van der Waals surface area contributed by atoms with E-state index in [-0.39, 0.29) is 11.8 Å². The molecule has 0 aliphatic carbocycles. The van der Waals surface area contributed by atoms with E-state index in [0.717, 1.165) is 29.0 Å². The van der Waals surface area contributed by atoms with Gasteiger partial charge in [-0.2, -0.15) is 0 Å². The van der Waals surface area contributed by atoms with E-state index in [0.29, 0.717) is 17.9 Å². The van der Waals surface area contributed by atoms with Gasteiger partial charge in [-0.1, -0.05) is 12.1 Å². The summed E-state index contributed by atoms with van der Waals surface area (Å²) in [5.41, 5.74) is 8.59. The van der Waals surface area contributed by atoms with Crippen LogP contribution in [0.15, 0.2) is 48.7 Å². The number of nitrogens with one attached hydrogen (secondary N) is 1. The van der Waals surface area contributed by atoms with E-state index >= 15 is 0 Å². The van der Waals surface area contributed by atoms with Crippen molar-refractivity contribution in [1.82, 2.24) is 0 Å². The molecule has 1 amide bonds. The summed E-state index contributed by atoms with van der Waals surface area (Å²) in [6.45, 7) is 0.632. The Morgan fingerprint density at radius 1 is 1.22 bits per heavy atom. The summed E-state index contributed by atoms with van der Waals surface area (Å²) in [6, 6.07) is 13.1. The normalized spacial score (nSPS) is 17.1. The van der Waals surface area contributed by atoms with Gasteiger partial charge in [0.05, 0.1) is 20.1 Å². The third kappa shape index (κ3) is 3.51. The van der Waals surface area contributed by atoms with Crippen LogP contribution in [-0.4, -0.2) is 32.9 Å². The molecule has 0 saturated carbocycles. The molecule has 3 N–H and O–H groups in total. The second-order valence-electron chi connectivity index (χ2n) is 6.26. The summed E-state index contributed by atoms with van der Waals surface area (Å²) < 4.78 is 10.7. The topological polar surface area (TPSA) is 88.6 Å². The number of ether oxygens (including phenoxy) is 2. The number of rotatable bonds is 6. The second-order valence-corrected chi connectivity index (χ2v) is 6.26. The molecule has 1 atom stereocenters. The van der Waals surface area contributed by atoms with E-state index in [4.69, 9.17) is 20.6 Å². The lowest BCUT2D eigenvalue weighted by molar-refractivity contribution is -0.118. The third-order valence-corrected chi connectivity index (χ3v) is 4.84. The van der Waals surface area contributed by atoms with Crippen molar-refractivity contribution in [2.75, 3.05) is 25.7 Å². The summed E-state index contributed by atoms with van der Waals surface area (Å²) in [5, 5.41) is 7.47. The van der Waals surface area contributed by atoms with Crippen LogP contribution < -0.4 is 20.1 Å². The van der Waals surface area contributed by atoms with E-state index in [2.05, 4.69) is 0 Å². The minimum atomic E-state index is -0.188. The Kier molecular flexibility index (Phi) is 5.45. The molecule has 1 unspecified atom stereocenters. The SMILES string of the molecule is COc1cccc(C2CCN(c3ccc(/C(C=N)=C/N)c(OC)c3)C2=O)c1. The Labute approximate surface area is 158 Å². The van der Waals surface area contributed by atoms with E-state index in [9.17, 15) is 4.79 Å². The first-order chi connectivity index (χ1) is 13.1. The minimum absolute atomic E-state index is 0.0553. The first kappa shape index (κ1) is 18.5. The molecule has 1 aliphatic heterocycles. The van der Waals surface area contributed by atoms with Gasteiger partial charge >= 0.3 is 0 Å². The van der Waals surface area contributed by atoms with Crippen LogP contribution in [0.25, 0.3) is 5.57 Å². The van der Waals surface area contributed by atoms with E-state index < -0.39 is 0 Å². The van der Waals surface area contributed by atoms with Crippen molar-refractivity contribution < 1.29 is 14.3 Å².